The lowest BCUT2D eigenvalue weighted by Gasteiger charge is -2.29. The van der Waals surface area contributed by atoms with Gasteiger partial charge in [0, 0.05) is 20.2 Å². The topological polar surface area (TPSA) is 58.1 Å². The summed E-state index contributed by atoms with van der Waals surface area (Å²) in [6, 6.07) is 8.68. The average molecular weight is 504 g/mol. The van der Waals surface area contributed by atoms with Crippen molar-refractivity contribution in [1.29, 1.82) is 0 Å². The molecular weight excluding hydrogens is 467 g/mol. The third-order valence-corrected chi connectivity index (χ3v) is 5.04. The van der Waals surface area contributed by atoms with Crippen LogP contribution in [-0.4, -0.2) is 63.4 Å². The van der Waals surface area contributed by atoms with Gasteiger partial charge in [-0.3, -0.25) is 9.89 Å². The molecular formula is C21H37IN4O2. The van der Waals surface area contributed by atoms with Crippen LogP contribution in [0.4, 0.5) is 0 Å². The first-order valence-electron chi connectivity index (χ1n) is 9.94. The number of hydrogen-bond acceptors (Lipinski definition) is 4. The van der Waals surface area contributed by atoms with Gasteiger partial charge >= 0.3 is 0 Å². The lowest BCUT2D eigenvalue weighted by atomic mass is 10.1. The van der Waals surface area contributed by atoms with Gasteiger partial charge in [0.2, 0.25) is 0 Å². The minimum atomic E-state index is -0.274. The van der Waals surface area contributed by atoms with Crippen molar-refractivity contribution in [2.45, 2.75) is 45.3 Å². The number of nitrogens with one attached hydrogen (secondary N) is 2. The first kappa shape index (κ1) is 25.0. The molecule has 6 nitrogen and oxygen atoms in total. The number of likely N-dealkylation sites (tertiary alicyclic amines) is 1. The van der Waals surface area contributed by atoms with Crippen molar-refractivity contribution in [2.24, 2.45) is 4.99 Å². The van der Waals surface area contributed by atoms with Gasteiger partial charge in [-0.25, -0.2) is 0 Å². The highest BCUT2D eigenvalue weighted by atomic mass is 127. The number of rotatable bonds is 9. The third-order valence-electron chi connectivity index (χ3n) is 5.04. The standard InChI is InChI=1S/C21H36N4O2.HI/c1-6-22-20(24-16-21(2,3)27-5)23-15-19(25-12-7-8-13-25)17-10-9-11-18(14-17)26-4;/h9-11,14,19H,6-8,12-13,15-16H2,1-5H3,(H2,22,23,24);1H. The van der Waals surface area contributed by atoms with Gasteiger partial charge in [-0.05, 0) is 64.4 Å². The van der Waals surface area contributed by atoms with Crippen LogP contribution in [-0.2, 0) is 4.74 Å². The van der Waals surface area contributed by atoms with Crippen molar-refractivity contribution in [3.8, 4) is 5.75 Å². The first-order valence-corrected chi connectivity index (χ1v) is 9.94. The van der Waals surface area contributed by atoms with Crippen LogP contribution in [0.5, 0.6) is 5.75 Å². The Hall–Kier alpha value is -1.06. The van der Waals surface area contributed by atoms with Crippen molar-refractivity contribution in [3.05, 3.63) is 29.8 Å². The molecule has 2 N–H and O–H groups in total. The Balaban J connectivity index is 0.00000392. The van der Waals surface area contributed by atoms with E-state index in [4.69, 9.17) is 14.5 Å². The Morgan fingerprint density at radius 3 is 2.54 bits per heavy atom. The van der Waals surface area contributed by atoms with Crippen LogP contribution in [0.2, 0.25) is 0 Å². The quantitative estimate of drug-likeness (QED) is 0.307. The molecule has 1 aromatic rings. The minimum absolute atomic E-state index is 0. The molecule has 0 radical (unpaired) electrons. The Bertz CT molecular complexity index is 604. The van der Waals surface area contributed by atoms with E-state index in [1.54, 1.807) is 14.2 Å². The summed E-state index contributed by atoms with van der Waals surface area (Å²) in [5.41, 5.74) is 1.00. The monoisotopic (exact) mass is 504 g/mol. The van der Waals surface area contributed by atoms with Crippen molar-refractivity contribution in [2.75, 3.05) is 46.9 Å². The number of methoxy groups -OCH3 is 2. The summed E-state index contributed by atoms with van der Waals surface area (Å²) in [6.45, 7) is 10.7. The first-order chi connectivity index (χ1) is 13.0. The Kier molecular flexibility index (Phi) is 11.1. The molecule has 2 rings (SSSR count). The highest BCUT2D eigenvalue weighted by molar-refractivity contribution is 14.0. The molecule has 160 valence electrons. The number of halogens is 1. The van der Waals surface area contributed by atoms with E-state index in [-0.39, 0.29) is 29.6 Å². The Morgan fingerprint density at radius 2 is 1.93 bits per heavy atom. The molecule has 0 amide bonds. The predicted octanol–water partition coefficient (Wildman–Crippen LogP) is 3.43. The highest BCUT2D eigenvalue weighted by Gasteiger charge is 2.24. The van der Waals surface area contributed by atoms with Crippen molar-refractivity contribution >= 4 is 29.9 Å². The fourth-order valence-corrected chi connectivity index (χ4v) is 3.23. The number of nitrogens with zero attached hydrogens (tertiary/aromatic N) is 2. The molecule has 0 spiro atoms. The van der Waals surface area contributed by atoms with E-state index < -0.39 is 0 Å². The molecule has 1 heterocycles. The van der Waals surface area contributed by atoms with Gasteiger partial charge in [0.15, 0.2) is 5.96 Å². The van der Waals surface area contributed by atoms with Crippen LogP contribution in [0.3, 0.4) is 0 Å². The van der Waals surface area contributed by atoms with Gasteiger partial charge in [-0.15, -0.1) is 24.0 Å². The smallest absolute Gasteiger partial charge is 0.191 e. The van der Waals surface area contributed by atoms with Crippen LogP contribution in [0.15, 0.2) is 29.3 Å². The maximum Gasteiger partial charge on any atom is 0.191 e. The molecule has 1 fully saturated rings. The summed E-state index contributed by atoms with van der Waals surface area (Å²) < 4.78 is 10.9. The molecule has 1 atom stereocenters. The molecule has 0 bridgehead atoms. The van der Waals surface area contributed by atoms with E-state index in [0.29, 0.717) is 12.6 Å². The maximum atomic E-state index is 5.48. The molecule has 1 unspecified atom stereocenters. The normalized spacial score (nSPS) is 16.4. The Labute approximate surface area is 187 Å². The highest BCUT2D eigenvalue weighted by Crippen LogP contribution is 2.27. The third kappa shape index (κ3) is 7.75. The van der Waals surface area contributed by atoms with E-state index >= 15 is 0 Å². The summed E-state index contributed by atoms with van der Waals surface area (Å²) in [7, 11) is 3.44. The summed E-state index contributed by atoms with van der Waals surface area (Å²) in [4.78, 5) is 7.25. The zero-order valence-corrected chi connectivity index (χ0v) is 20.3. The number of ether oxygens (including phenoxy) is 2. The number of guanidine groups is 1. The summed E-state index contributed by atoms with van der Waals surface area (Å²) in [5, 5.41) is 6.87. The van der Waals surface area contributed by atoms with Crippen molar-refractivity contribution in [1.82, 2.24) is 15.5 Å². The molecule has 1 saturated heterocycles. The maximum absolute atomic E-state index is 5.48. The fraction of sp³-hybridized carbons (Fsp3) is 0.667. The number of hydrogen-bond donors (Lipinski definition) is 2. The molecule has 1 aromatic carbocycles. The van der Waals surface area contributed by atoms with Gasteiger partial charge in [-0.2, -0.15) is 0 Å². The van der Waals surface area contributed by atoms with Crippen LogP contribution < -0.4 is 15.4 Å². The van der Waals surface area contributed by atoms with E-state index in [2.05, 4.69) is 40.7 Å². The average Bonchev–Trinajstić information content (AvgIpc) is 3.21. The summed E-state index contributed by atoms with van der Waals surface area (Å²) in [5.74, 6) is 1.73. The van der Waals surface area contributed by atoms with Crippen LogP contribution in [0.1, 0.15) is 45.2 Å². The number of aliphatic imine (C=N–C) groups is 1. The van der Waals surface area contributed by atoms with Gasteiger partial charge in [0.1, 0.15) is 5.75 Å². The fourth-order valence-electron chi connectivity index (χ4n) is 3.23. The second kappa shape index (κ2) is 12.5. The van der Waals surface area contributed by atoms with Gasteiger partial charge < -0.3 is 20.1 Å². The van der Waals surface area contributed by atoms with Gasteiger partial charge in [0.25, 0.3) is 0 Å². The lowest BCUT2D eigenvalue weighted by Crippen LogP contribution is -2.43. The molecule has 1 aliphatic heterocycles. The second-order valence-corrected chi connectivity index (χ2v) is 7.58. The van der Waals surface area contributed by atoms with E-state index in [1.165, 1.54) is 18.4 Å². The van der Waals surface area contributed by atoms with Crippen LogP contribution >= 0.6 is 24.0 Å². The zero-order valence-electron chi connectivity index (χ0n) is 18.0. The summed E-state index contributed by atoms with van der Waals surface area (Å²) in [6.07, 6.45) is 2.52. The molecule has 28 heavy (non-hydrogen) atoms. The second-order valence-electron chi connectivity index (χ2n) is 7.58. The molecule has 0 saturated carbocycles. The number of benzene rings is 1. The molecule has 7 heteroatoms. The van der Waals surface area contributed by atoms with Crippen LogP contribution in [0, 0.1) is 0 Å². The predicted molar refractivity (Wildman–Crippen MR) is 127 cm³/mol. The van der Waals surface area contributed by atoms with Gasteiger partial charge in [0.05, 0.1) is 25.3 Å². The SMILES string of the molecule is CCNC(=NCC(C)(C)OC)NCC(c1cccc(OC)c1)N1CCCC1.I. The zero-order chi connectivity index (χ0) is 19.7. The molecule has 0 aromatic heterocycles. The largest absolute Gasteiger partial charge is 0.497 e. The lowest BCUT2D eigenvalue weighted by molar-refractivity contribution is 0.0310. The van der Waals surface area contributed by atoms with Crippen molar-refractivity contribution in [3.63, 3.8) is 0 Å². The summed E-state index contributed by atoms with van der Waals surface area (Å²) >= 11 is 0. The van der Waals surface area contributed by atoms with E-state index in [1.807, 2.05) is 19.9 Å². The molecule has 0 aliphatic carbocycles. The van der Waals surface area contributed by atoms with Crippen LogP contribution in [0.25, 0.3) is 0 Å². The Morgan fingerprint density at radius 1 is 1.21 bits per heavy atom. The van der Waals surface area contributed by atoms with Gasteiger partial charge in [-0.1, -0.05) is 12.1 Å². The minimum Gasteiger partial charge on any atom is -0.497 e. The molecule has 1 aliphatic rings. The van der Waals surface area contributed by atoms with Crippen molar-refractivity contribution < 1.29 is 9.47 Å². The van der Waals surface area contributed by atoms with E-state index in [9.17, 15) is 0 Å². The van der Waals surface area contributed by atoms with E-state index in [0.717, 1.165) is 37.9 Å².